The highest BCUT2D eigenvalue weighted by Gasteiger charge is 2.17. The van der Waals surface area contributed by atoms with Crippen molar-refractivity contribution < 1.29 is 14.6 Å². The fraction of sp³-hybridized carbons (Fsp3) is 0.318. The summed E-state index contributed by atoms with van der Waals surface area (Å²) in [6.07, 6.45) is 4.84. The third kappa shape index (κ3) is 4.33. The third-order valence-corrected chi connectivity index (χ3v) is 4.83. The van der Waals surface area contributed by atoms with E-state index in [9.17, 15) is 9.90 Å². The Morgan fingerprint density at radius 2 is 1.85 bits per heavy atom. The summed E-state index contributed by atoms with van der Waals surface area (Å²) in [6.45, 7) is 3.69. The predicted octanol–water partition coefficient (Wildman–Crippen LogP) is 3.86. The molecule has 0 radical (unpaired) electrons. The van der Waals surface area contributed by atoms with Crippen molar-refractivity contribution in [1.29, 1.82) is 0 Å². The lowest BCUT2D eigenvalue weighted by Gasteiger charge is -2.31. The molecule has 1 heterocycles. The van der Waals surface area contributed by atoms with E-state index in [1.54, 1.807) is 13.2 Å². The van der Waals surface area contributed by atoms with Crippen LogP contribution >= 0.6 is 0 Å². The highest BCUT2D eigenvalue weighted by Crippen LogP contribution is 2.22. The highest BCUT2D eigenvalue weighted by molar-refractivity contribution is 6.07. The number of methoxy groups -OCH3 is 1. The molecule has 1 N–H and O–H groups in total. The second-order valence-corrected chi connectivity index (χ2v) is 6.69. The summed E-state index contributed by atoms with van der Waals surface area (Å²) < 4.78 is 5.25. The number of hydrogen-bond acceptors (Lipinski definition) is 4. The fourth-order valence-electron chi connectivity index (χ4n) is 3.23. The molecule has 1 aliphatic heterocycles. The van der Waals surface area contributed by atoms with Crippen molar-refractivity contribution in [2.24, 2.45) is 0 Å². The first-order chi connectivity index (χ1) is 12.6. The average molecular weight is 351 g/mol. The number of rotatable bonds is 5. The Labute approximate surface area is 154 Å². The maximum atomic E-state index is 12.4. The molecule has 0 amide bonds. The van der Waals surface area contributed by atoms with Crippen LogP contribution in [0.4, 0.5) is 5.69 Å². The van der Waals surface area contributed by atoms with Gasteiger partial charge in [-0.2, -0.15) is 0 Å². The molecule has 26 heavy (non-hydrogen) atoms. The molecule has 1 aliphatic rings. The van der Waals surface area contributed by atoms with Gasteiger partial charge in [-0.05, 0) is 73.4 Å². The van der Waals surface area contributed by atoms with E-state index in [4.69, 9.17) is 4.74 Å². The van der Waals surface area contributed by atoms with Gasteiger partial charge in [0.25, 0.3) is 0 Å². The molecule has 2 aromatic rings. The molecule has 0 spiro atoms. The van der Waals surface area contributed by atoms with E-state index in [0.717, 1.165) is 48.5 Å². The van der Waals surface area contributed by atoms with Crippen LogP contribution in [0.15, 0.2) is 48.5 Å². The van der Waals surface area contributed by atoms with E-state index >= 15 is 0 Å². The molecule has 0 bridgehead atoms. The van der Waals surface area contributed by atoms with Gasteiger partial charge in [0.15, 0.2) is 5.78 Å². The molecule has 0 aromatic heterocycles. The van der Waals surface area contributed by atoms with Gasteiger partial charge >= 0.3 is 0 Å². The molecule has 136 valence electrons. The van der Waals surface area contributed by atoms with Gasteiger partial charge in [-0.1, -0.05) is 12.1 Å². The number of nitrogens with zero attached hydrogens (tertiary/aromatic N) is 1. The Morgan fingerprint density at radius 3 is 2.46 bits per heavy atom. The minimum absolute atomic E-state index is 0.0147. The zero-order chi connectivity index (χ0) is 18.5. The molecular weight excluding hydrogens is 326 g/mol. The van der Waals surface area contributed by atoms with Gasteiger partial charge in [0.2, 0.25) is 0 Å². The van der Waals surface area contributed by atoms with Crippen molar-refractivity contribution >= 4 is 17.5 Å². The number of piperidine rings is 1. The summed E-state index contributed by atoms with van der Waals surface area (Å²) in [5, 5.41) is 9.60. The number of ketones is 1. The fourth-order valence-corrected chi connectivity index (χ4v) is 3.23. The van der Waals surface area contributed by atoms with Gasteiger partial charge in [0, 0.05) is 24.3 Å². The van der Waals surface area contributed by atoms with Crippen molar-refractivity contribution in [1.82, 2.24) is 0 Å². The number of aryl methyl sites for hydroxylation is 1. The van der Waals surface area contributed by atoms with Crippen LogP contribution in [0, 0.1) is 6.92 Å². The normalized spacial score (nSPS) is 15.4. The van der Waals surface area contributed by atoms with E-state index in [1.807, 2.05) is 55.5 Å². The zero-order valence-corrected chi connectivity index (χ0v) is 15.3. The number of aliphatic hydroxyl groups excluding tert-OH is 1. The molecule has 1 saturated heterocycles. The molecule has 2 aromatic carbocycles. The number of carbonyl (C=O) groups excluding carboxylic acids is 1. The smallest absolute Gasteiger partial charge is 0.185 e. The summed E-state index contributed by atoms with van der Waals surface area (Å²) in [7, 11) is 1.65. The molecule has 3 rings (SSSR count). The topological polar surface area (TPSA) is 49.8 Å². The Morgan fingerprint density at radius 1 is 1.15 bits per heavy atom. The summed E-state index contributed by atoms with van der Waals surface area (Å²) in [5.74, 6) is 0.827. The van der Waals surface area contributed by atoms with Crippen LogP contribution in [0.25, 0.3) is 6.08 Å². The zero-order valence-electron chi connectivity index (χ0n) is 15.3. The number of hydrogen-bond donors (Lipinski definition) is 1. The standard InChI is InChI=1S/C22H25NO3/c1-16-15-17(4-10-22(16)26-2)3-9-21(25)18-5-7-19(8-6-18)23-13-11-20(24)12-14-23/h3-10,15,20,24H,11-14H2,1-2H3/b9-3+. The van der Waals surface area contributed by atoms with Crippen molar-refractivity contribution in [3.63, 3.8) is 0 Å². The van der Waals surface area contributed by atoms with Gasteiger partial charge < -0.3 is 14.7 Å². The number of carbonyl (C=O) groups is 1. The van der Waals surface area contributed by atoms with Gasteiger partial charge in [0.1, 0.15) is 5.75 Å². The highest BCUT2D eigenvalue weighted by atomic mass is 16.5. The van der Waals surface area contributed by atoms with Crippen molar-refractivity contribution in [3.8, 4) is 5.75 Å². The minimum Gasteiger partial charge on any atom is -0.496 e. The van der Waals surface area contributed by atoms with Crippen molar-refractivity contribution in [3.05, 3.63) is 65.2 Å². The molecule has 0 saturated carbocycles. The van der Waals surface area contributed by atoms with Gasteiger partial charge in [-0.15, -0.1) is 0 Å². The Kier molecular flexibility index (Phi) is 5.74. The van der Waals surface area contributed by atoms with Crippen LogP contribution in [0.5, 0.6) is 5.75 Å². The average Bonchev–Trinajstić information content (AvgIpc) is 2.67. The van der Waals surface area contributed by atoms with Gasteiger partial charge in [-0.25, -0.2) is 0 Å². The summed E-state index contributed by atoms with van der Waals surface area (Å²) in [6, 6.07) is 13.5. The van der Waals surface area contributed by atoms with Crippen molar-refractivity contribution in [2.45, 2.75) is 25.9 Å². The number of ether oxygens (including phenoxy) is 1. The largest absolute Gasteiger partial charge is 0.496 e. The maximum Gasteiger partial charge on any atom is 0.185 e. The van der Waals surface area contributed by atoms with Crippen molar-refractivity contribution in [2.75, 3.05) is 25.1 Å². The molecule has 4 heteroatoms. The second-order valence-electron chi connectivity index (χ2n) is 6.69. The Bertz CT molecular complexity index is 788. The van der Waals surface area contributed by atoms with E-state index in [0.29, 0.717) is 5.56 Å². The first kappa shape index (κ1) is 18.2. The van der Waals surface area contributed by atoms with Crippen LogP contribution in [-0.4, -0.2) is 37.2 Å². The number of anilines is 1. The van der Waals surface area contributed by atoms with E-state index in [2.05, 4.69) is 4.90 Å². The molecule has 0 aliphatic carbocycles. The Balaban J connectivity index is 1.65. The van der Waals surface area contributed by atoms with Gasteiger partial charge in [0.05, 0.1) is 13.2 Å². The summed E-state index contributed by atoms with van der Waals surface area (Å²) in [5.41, 5.74) is 3.79. The minimum atomic E-state index is -0.182. The van der Waals surface area contributed by atoms with E-state index in [1.165, 1.54) is 0 Å². The van der Waals surface area contributed by atoms with E-state index in [-0.39, 0.29) is 11.9 Å². The van der Waals surface area contributed by atoms with Crippen LogP contribution < -0.4 is 9.64 Å². The molecule has 0 atom stereocenters. The molecule has 4 nitrogen and oxygen atoms in total. The third-order valence-electron chi connectivity index (χ3n) is 4.83. The van der Waals surface area contributed by atoms with Crippen LogP contribution in [0.1, 0.15) is 34.3 Å². The number of allylic oxidation sites excluding steroid dienone is 1. The lowest BCUT2D eigenvalue weighted by molar-refractivity contribution is 0.104. The number of benzene rings is 2. The predicted molar refractivity (Wildman–Crippen MR) is 105 cm³/mol. The molecule has 0 unspecified atom stereocenters. The Hall–Kier alpha value is -2.59. The lowest BCUT2D eigenvalue weighted by atomic mass is 10.0. The SMILES string of the molecule is COc1ccc(/C=C/C(=O)c2ccc(N3CCC(O)CC3)cc2)cc1C. The molecule has 1 fully saturated rings. The monoisotopic (exact) mass is 351 g/mol. The number of aliphatic hydroxyl groups is 1. The van der Waals surface area contributed by atoms with Crippen LogP contribution in [0.2, 0.25) is 0 Å². The summed E-state index contributed by atoms with van der Waals surface area (Å²) >= 11 is 0. The molecular formula is C22H25NO3. The van der Waals surface area contributed by atoms with E-state index < -0.39 is 0 Å². The summed E-state index contributed by atoms with van der Waals surface area (Å²) in [4.78, 5) is 14.6. The first-order valence-electron chi connectivity index (χ1n) is 8.97. The van der Waals surface area contributed by atoms with Crippen LogP contribution in [-0.2, 0) is 0 Å². The second kappa shape index (κ2) is 8.19. The maximum absolute atomic E-state index is 12.4. The lowest BCUT2D eigenvalue weighted by Crippen LogP contribution is -2.35. The quantitative estimate of drug-likeness (QED) is 0.656. The van der Waals surface area contributed by atoms with Crippen LogP contribution in [0.3, 0.4) is 0 Å². The first-order valence-corrected chi connectivity index (χ1v) is 8.97. The van der Waals surface area contributed by atoms with Gasteiger partial charge in [-0.3, -0.25) is 4.79 Å².